The molecule has 0 atom stereocenters. The lowest BCUT2D eigenvalue weighted by molar-refractivity contribution is -0.117. The summed E-state index contributed by atoms with van der Waals surface area (Å²) >= 11 is 0. The summed E-state index contributed by atoms with van der Waals surface area (Å²) in [5.74, 6) is -1.51. The number of fused-ring (bicyclic) bond motifs is 1. The fourth-order valence-corrected chi connectivity index (χ4v) is 3.36. The van der Waals surface area contributed by atoms with Gasteiger partial charge in [0, 0.05) is 12.5 Å². The summed E-state index contributed by atoms with van der Waals surface area (Å²) in [5, 5.41) is 11.2. The van der Waals surface area contributed by atoms with Crippen LogP contribution in [0.3, 0.4) is 0 Å². The standard InChI is InChI=1S/C23H17N3O4/c1-15(27)25(16-9-3-2-4-10-16)26-21(17-11-5-6-12-18(17)23(29)30)24-20-14-8-7-13-19(20)22(26)28/h2-14H,1H3,(H,29,30). The molecule has 0 saturated heterocycles. The Bertz CT molecular complexity index is 1330. The Morgan fingerprint density at radius 1 is 0.900 bits per heavy atom. The fourth-order valence-electron chi connectivity index (χ4n) is 3.36. The Balaban J connectivity index is 2.15. The summed E-state index contributed by atoms with van der Waals surface area (Å²) in [4.78, 5) is 42.6. The maximum Gasteiger partial charge on any atom is 0.336 e. The number of rotatable bonds is 4. The van der Waals surface area contributed by atoms with Crippen molar-refractivity contribution in [3.8, 4) is 11.4 Å². The summed E-state index contributed by atoms with van der Waals surface area (Å²) in [6.07, 6.45) is 0. The predicted octanol–water partition coefficient (Wildman–Crippen LogP) is 3.58. The van der Waals surface area contributed by atoms with Crippen LogP contribution in [0, 0.1) is 0 Å². The van der Waals surface area contributed by atoms with Crippen molar-refractivity contribution in [1.82, 2.24) is 9.66 Å². The van der Waals surface area contributed by atoms with Gasteiger partial charge in [0.05, 0.1) is 22.2 Å². The molecule has 1 amide bonds. The van der Waals surface area contributed by atoms with Gasteiger partial charge >= 0.3 is 5.97 Å². The zero-order chi connectivity index (χ0) is 21.3. The second-order valence-electron chi connectivity index (χ2n) is 6.59. The van der Waals surface area contributed by atoms with Gasteiger partial charge in [-0.05, 0) is 30.3 Å². The van der Waals surface area contributed by atoms with Crippen LogP contribution in [-0.4, -0.2) is 26.6 Å². The van der Waals surface area contributed by atoms with Gasteiger partial charge in [0.25, 0.3) is 5.56 Å². The van der Waals surface area contributed by atoms with Crippen LogP contribution in [0.5, 0.6) is 0 Å². The first-order valence-electron chi connectivity index (χ1n) is 9.19. The van der Waals surface area contributed by atoms with Crippen molar-refractivity contribution in [2.75, 3.05) is 5.01 Å². The minimum atomic E-state index is -1.16. The monoisotopic (exact) mass is 399 g/mol. The van der Waals surface area contributed by atoms with E-state index in [0.717, 1.165) is 4.68 Å². The number of carboxylic acids is 1. The molecular weight excluding hydrogens is 382 g/mol. The third-order valence-electron chi connectivity index (χ3n) is 4.65. The number of benzene rings is 3. The van der Waals surface area contributed by atoms with Gasteiger partial charge in [0.2, 0.25) is 5.91 Å². The highest BCUT2D eigenvalue weighted by molar-refractivity contribution is 5.97. The molecule has 7 heteroatoms. The van der Waals surface area contributed by atoms with Gasteiger partial charge < -0.3 is 5.11 Å². The SMILES string of the molecule is CC(=O)N(c1ccccc1)n1c(-c2ccccc2C(=O)O)nc2ccccc2c1=O. The van der Waals surface area contributed by atoms with Gasteiger partial charge in [-0.3, -0.25) is 9.59 Å². The van der Waals surface area contributed by atoms with Crippen molar-refractivity contribution in [3.05, 3.63) is 94.8 Å². The maximum absolute atomic E-state index is 13.5. The highest BCUT2D eigenvalue weighted by Crippen LogP contribution is 2.26. The molecule has 4 rings (SSSR count). The van der Waals surface area contributed by atoms with Crippen LogP contribution in [0.4, 0.5) is 5.69 Å². The maximum atomic E-state index is 13.5. The summed E-state index contributed by atoms with van der Waals surface area (Å²) in [6, 6.07) is 21.7. The van der Waals surface area contributed by atoms with Crippen LogP contribution in [0.1, 0.15) is 17.3 Å². The van der Waals surface area contributed by atoms with E-state index in [0.29, 0.717) is 16.6 Å². The quantitative estimate of drug-likeness (QED) is 0.566. The number of para-hydroxylation sites is 2. The first-order chi connectivity index (χ1) is 14.5. The minimum Gasteiger partial charge on any atom is -0.478 e. The molecule has 0 bridgehead atoms. The van der Waals surface area contributed by atoms with E-state index in [-0.39, 0.29) is 17.0 Å². The van der Waals surface area contributed by atoms with E-state index in [1.807, 2.05) is 0 Å². The smallest absolute Gasteiger partial charge is 0.336 e. The molecule has 0 aliphatic heterocycles. The van der Waals surface area contributed by atoms with E-state index < -0.39 is 17.4 Å². The number of hydrogen-bond donors (Lipinski definition) is 1. The summed E-state index contributed by atoms with van der Waals surface area (Å²) < 4.78 is 1.14. The van der Waals surface area contributed by atoms with E-state index in [2.05, 4.69) is 4.98 Å². The topological polar surface area (TPSA) is 92.5 Å². The minimum absolute atomic E-state index is 0.0232. The molecule has 1 N–H and O–H groups in total. The molecular formula is C23H17N3O4. The second-order valence-corrected chi connectivity index (χ2v) is 6.59. The number of nitrogens with zero attached hydrogens (tertiary/aromatic N) is 3. The van der Waals surface area contributed by atoms with Crippen LogP contribution in [-0.2, 0) is 4.79 Å². The van der Waals surface area contributed by atoms with Crippen molar-refractivity contribution in [2.24, 2.45) is 0 Å². The van der Waals surface area contributed by atoms with E-state index in [4.69, 9.17) is 0 Å². The molecule has 0 aliphatic carbocycles. The zero-order valence-corrected chi connectivity index (χ0v) is 16.0. The second kappa shape index (κ2) is 7.63. The van der Waals surface area contributed by atoms with Crippen molar-refractivity contribution < 1.29 is 14.7 Å². The molecule has 1 heterocycles. The van der Waals surface area contributed by atoms with Crippen LogP contribution < -0.4 is 10.6 Å². The van der Waals surface area contributed by atoms with Crippen molar-refractivity contribution >= 4 is 28.5 Å². The van der Waals surface area contributed by atoms with Crippen LogP contribution in [0.2, 0.25) is 0 Å². The highest BCUT2D eigenvalue weighted by Gasteiger charge is 2.24. The van der Waals surface area contributed by atoms with Crippen molar-refractivity contribution in [1.29, 1.82) is 0 Å². The van der Waals surface area contributed by atoms with E-state index in [1.54, 1.807) is 72.8 Å². The first kappa shape index (κ1) is 19.1. The predicted molar refractivity (Wildman–Crippen MR) is 113 cm³/mol. The number of carbonyl (C=O) groups is 2. The summed E-state index contributed by atoms with van der Waals surface area (Å²) in [6.45, 7) is 1.33. The average Bonchev–Trinajstić information content (AvgIpc) is 2.76. The van der Waals surface area contributed by atoms with Gasteiger partial charge in [-0.1, -0.05) is 48.5 Å². The zero-order valence-electron chi connectivity index (χ0n) is 16.0. The average molecular weight is 399 g/mol. The number of amides is 1. The Kier molecular flexibility index (Phi) is 4.85. The molecule has 1 aromatic heterocycles. The Labute approximate surface area is 171 Å². The van der Waals surface area contributed by atoms with Gasteiger partial charge in [-0.15, -0.1) is 0 Å². The summed E-state index contributed by atoms with van der Waals surface area (Å²) in [5.41, 5.74) is 0.596. The van der Waals surface area contributed by atoms with E-state index in [1.165, 1.54) is 18.0 Å². The third kappa shape index (κ3) is 3.22. The van der Waals surface area contributed by atoms with Gasteiger partial charge in [0.15, 0.2) is 5.82 Å². The molecule has 148 valence electrons. The van der Waals surface area contributed by atoms with Crippen LogP contribution in [0.15, 0.2) is 83.7 Å². The lowest BCUT2D eigenvalue weighted by Gasteiger charge is -2.26. The summed E-state index contributed by atoms with van der Waals surface area (Å²) in [7, 11) is 0. The Hall–Kier alpha value is -4.26. The van der Waals surface area contributed by atoms with Gasteiger partial charge in [-0.2, -0.15) is 4.68 Å². The largest absolute Gasteiger partial charge is 0.478 e. The number of anilines is 1. The van der Waals surface area contributed by atoms with Crippen LogP contribution >= 0.6 is 0 Å². The molecule has 7 nitrogen and oxygen atoms in total. The number of carboxylic acid groups (broad SMARTS) is 1. The molecule has 0 spiro atoms. The molecule has 0 fully saturated rings. The fraction of sp³-hybridized carbons (Fsp3) is 0.0435. The number of aromatic carboxylic acids is 1. The van der Waals surface area contributed by atoms with Crippen molar-refractivity contribution in [2.45, 2.75) is 6.92 Å². The van der Waals surface area contributed by atoms with Gasteiger partial charge in [-0.25, -0.2) is 14.8 Å². The molecule has 30 heavy (non-hydrogen) atoms. The molecule has 3 aromatic carbocycles. The molecule has 0 radical (unpaired) electrons. The number of carbonyl (C=O) groups excluding carboxylic acids is 1. The lowest BCUT2D eigenvalue weighted by atomic mass is 10.1. The molecule has 0 unspecified atom stereocenters. The first-order valence-corrected chi connectivity index (χ1v) is 9.19. The van der Waals surface area contributed by atoms with Crippen LogP contribution in [0.25, 0.3) is 22.3 Å². The molecule has 0 aliphatic rings. The number of hydrogen-bond acceptors (Lipinski definition) is 4. The number of aromatic nitrogens is 2. The van der Waals surface area contributed by atoms with Crippen molar-refractivity contribution in [3.63, 3.8) is 0 Å². The van der Waals surface area contributed by atoms with E-state index in [9.17, 15) is 19.5 Å². The molecule has 0 saturated carbocycles. The highest BCUT2D eigenvalue weighted by atomic mass is 16.4. The van der Waals surface area contributed by atoms with E-state index >= 15 is 0 Å². The Morgan fingerprint density at radius 3 is 2.23 bits per heavy atom. The lowest BCUT2D eigenvalue weighted by Crippen LogP contribution is -2.43. The normalized spacial score (nSPS) is 10.7. The third-order valence-corrected chi connectivity index (χ3v) is 4.65. The Morgan fingerprint density at radius 2 is 1.53 bits per heavy atom. The molecule has 4 aromatic rings. The van der Waals surface area contributed by atoms with Gasteiger partial charge in [0.1, 0.15) is 0 Å².